The van der Waals surface area contributed by atoms with E-state index in [0.29, 0.717) is 13.0 Å². The van der Waals surface area contributed by atoms with Crippen molar-refractivity contribution < 1.29 is 4.79 Å². The number of nitrogens with zero attached hydrogens (tertiary/aromatic N) is 5. The fourth-order valence-corrected chi connectivity index (χ4v) is 3.50. The van der Waals surface area contributed by atoms with E-state index in [1.54, 1.807) is 6.08 Å². The van der Waals surface area contributed by atoms with Gasteiger partial charge in [-0.2, -0.15) is 0 Å². The van der Waals surface area contributed by atoms with E-state index in [1.807, 2.05) is 0 Å². The van der Waals surface area contributed by atoms with Crippen LogP contribution in [0.5, 0.6) is 0 Å². The van der Waals surface area contributed by atoms with Crippen molar-refractivity contribution >= 4 is 11.5 Å². The third kappa shape index (κ3) is 1.58. The van der Waals surface area contributed by atoms with E-state index >= 15 is 0 Å². The summed E-state index contributed by atoms with van der Waals surface area (Å²) in [7, 11) is 0. The van der Waals surface area contributed by atoms with E-state index in [2.05, 4.69) is 57.3 Å². The van der Waals surface area contributed by atoms with Crippen molar-refractivity contribution in [1.82, 2.24) is 9.80 Å². The Hall–Kier alpha value is -2.24. The highest BCUT2D eigenvalue weighted by atomic mass is 16.1. The Balaban J connectivity index is 1.92. The van der Waals surface area contributed by atoms with Crippen LogP contribution in [0.1, 0.15) is 20.3 Å². The lowest BCUT2D eigenvalue weighted by molar-refractivity contribution is -0.114. The zero-order valence-corrected chi connectivity index (χ0v) is 12.2. The number of allylic oxidation sites excluding steroid dienone is 3. The van der Waals surface area contributed by atoms with Gasteiger partial charge in [-0.3, -0.25) is 4.79 Å². The van der Waals surface area contributed by atoms with E-state index in [9.17, 15) is 4.79 Å². The SMILES string of the molecule is CC(C)N1C2=CC=CCN2CC23N=NN=C2CC(=O)C=C13. The predicted octanol–water partition coefficient (Wildman–Crippen LogP) is 1.84. The van der Waals surface area contributed by atoms with Gasteiger partial charge < -0.3 is 9.80 Å². The minimum absolute atomic E-state index is 0.0812. The second kappa shape index (κ2) is 4.13. The summed E-state index contributed by atoms with van der Waals surface area (Å²) in [6, 6.07) is 0.233. The van der Waals surface area contributed by atoms with Crippen molar-refractivity contribution in [2.75, 3.05) is 13.1 Å². The Morgan fingerprint density at radius 3 is 3.05 bits per heavy atom. The Morgan fingerprint density at radius 1 is 1.38 bits per heavy atom. The van der Waals surface area contributed by atoms with E-state index in [-0.39, 0.29) is 11.8 Å². The summed E-state index contributed by atoms with van der Waals surface area (Å²) < 4.78 is 0. The van der Waals surface area contributed by atoms with E-state index in [1.165, 1.54) is 0 Å². The van der Waals surface area contributed by atoms with Gasteiger partial charge in [0.1, 0.15) is 5.82 Å². The van der Waals surface area contributed by atoms with Gasteiger partial charge in [-0.25, -0.2) is 0 Å². The molecule has 0 saturated carbocycles. The normalized spacial score (nSPS) is 29.9. The monoisotopic (exact) mass is 283 g/mol. The summed E-state index contributed by atoms with van der Waals surface area (Å²) in [5, 5.41) is 12.5. The number of ketones is 1. The maximum atomic E-state index is 12.1. The molecule has 1 spiro atoms. The van der Waals surface area contributed by atoms with Gasteiger partial charge in [-0.1, -0.05) is 12.2 Å². The Morgan fingerprint density at radius 2 is 2.24 bits per heavy atom. The first-order chi connectivity index (χ1) is 10.1. The summed E-state index contributed by atoms with van der Waals surface area (Å²) in [6.45, 7) is 5.80. The third-order valence-electron chi connectivity index (χ3n) is 4.39. The first kappa shape index (κ1) is 12.5. The molecule has 1 aliphatic carbocycles. The molecule has 108 valence electrons. The van der Waals surface area contributed by atoms with Crippen LogP contribution in [-0.4, -0.2) is 46.0 Å². The van der Waals surface area contributed by atoms with Gasteiger partial charge in [0.25, 0.3) is 0 Å². The molecule has 4 aliphatic rings. The Kier molecular flexibility index (Phi) is 2.46. The Labute approximate surface area is 123 Å². The zero-order chi connectivity index (χ0) is 14.6. The molecule has 3 aliphatic heterocycles. The molecule has 0 bridgehead atoms. The van der Waals surface area contributed by atoms with Crippen LogP contribution in [-0.2, 0) is 4.79 Å². The van der Waals surface area contributed by atoms with Crippen LogP contribution in [0.4, 0.5) is 0 Å². The van der Waals surface area contributed by atoms with Crippen molar-refractivity contribution in [2.45, 2.75) is 31.8 Å². The van der Waals surface area contributed by atoms with Crippen LogP contribution in [0, 0.1) is 0 Å². The molecule has 6 nitrogen and oxygen atoms in total. The fourth-order valence-electron chi connectivity index (χ4n) is 3.50. The molecule has 0 N–H and O–H groups in total. The lowest BCUT2D eigenvalue weighted by atomic mass is 9.79. The molecule has 6 heteroatoms. The van der Waals surface area contributed by atoms with Gasteiger partial charge in [0.05, 0.1) is 24.4 Å². The highest BCUT2D eigenvalue weighted by Gasteiger charge is 2.54. The number of carbonyl (C=O) groups is 1. The molecule has 0 aromatic carbocycles. The first-order valence-electron chi connectivity index (χ1n) is 7.27. The van der Waals surface area contributed by atoms with E-state index in [0.717, 1.165) is 23.8 Å². The molecule has 3 heterocycles. The molecule has 1 unspecified atom stereocenters. The van der Waals surface area contributed by atoms with Gasteiger partial charge in [0, 0.05) is 18.7 Å². The van der Waals surface area contributed by atoms with Crippen LogP contribution in [0.25, 0.3) is 0 Å². The largest absolute Gasteiger partial charge is 0.351 e. The topological polar surface area (TPSA) is 60.6 Å². The summed E-state index contributed by atoms with van der Waals surface area (Å²) >= 11 is 0. The maximum Gasteiger partial charge on any atom is 0.181 e. The van der Waals surface area contributed by atoms with Gasteiger partial charge in [-0.15, -0.1) is 10.2 Å². The number of fused-ring (bicyclic) bond motifs is 1. The van der Waals surface area contributed by atoms with Crippen LogP contribution < -0.4 is 0 Å². The molecule has 4 rings (SSSR count). The predicted molar refractivity (Wildman–Crippen MR) is 78.5 cm³/mol. The third-order valence-corrected chi connectivity index (χ3v) is 4.39. The van der Waals surface area contributed by atoms with Crippen molar-refractivity contribution in [1.29, 1.82) is 0 Å². The van der Waals surface area contributed by atoms with Crippen molar-refractivity contribution in [3.05, 3.63) is 35.8 Å². The second-order valence-corrected chi connectivity index (χ2v) is 6.07. The number of rotatable bonds is 1. The highest BCUT2D eigenvalue weighted by molar-refractivity contribution is 6.16. The fraction of sp³-hybridized carbons (Fsp3) is 0.467. The maximum absolute atomic E-state index is 12.1. The minimum Gasteiger partial charge on any atom is -0.351 e. The van der Waals surface area contributed by atoms with Crippen molar-refractivity contribution in [3.8, 4) is 0 Å². The summed E-state index contributed by atoms with van der Waals surface area (Å²) in [6.07, 6.45) is 8.35. The minimum atomic E-state index is -0.569. The quantitative estimate of drug-likeness (QED) is 0.737. The lowest BCUT2D eigenvalue weighted by Gasteiger charge is -2.52. The Bertz CT molecular complexity index is 670. The molecule has 21 heavy (non-hydrogen) atoms. The van der Waals surface area contributed by atoms with E-state index in [4.69, 9.17) is 0 Å². The zero-order valence-electron chi connectivity index (χ0n) is 12.2. The number of hydrogen-bond acceptors (Lipinski definition) is 6. The smallest absolute Gasteiger partial charge is 0.181 e. The molecule has 0 aromatic rings. The number of carbonyl (C=O) groups excluding carboxylic acids is 1. The second-order valence-electron chi connectivity index (χ2n) is 6.07. The molecule has 0 amide bonds. The van der Waals surface area contributed by atoms with Crippen LogP contribution >= 0.6 is 0 Å². The van der Waals surface area contributed by atoms with Gasteiger partial charge in [0.15, 0.2) is 11.3 Å². The average molecular weight is 283 g/mol. The molecular formula is C15H17N5O. The summed E-state index contributed by atoms with van der Waals surface area (Å²) in [5.41, 5.74) is 1.14. The average Bonchev–Trinajstić information content (AvgIpc) is 2.84. The van der Waals surface area contributed by atoms with E-state index < -0.39 is 5.54 Å². The molecule has 1 saturated heterocycles. The molecule has 0 radical (unpaired) electrons. The number of hydrogen-bond donors (Lipinski definition) is 0. The van der Waals surface area contributed by atoms with Crippen molar-refractivity contribution in [3.63, 3.8) is 0 Å². The first-order valence-corrected chi connectivity index (χ1v) is 7.27. The summed E-state index contributed by atoms with van der Waals surface area (Å²) in [4.78, 5) is 16.6. The molecule has 0 aromatic heterocycles. The van der Waals surface area contributed by atoms with Gasteiger partial charge in [-0.05, 0) is 25.1 Å². The van der Waals surface area contributed by atoms with Crippen molar-refractivity contribution in [2.24, 2.45) is 15.4 Å². The highest BCUT2D eigenvalue weighted by Crippen LogP contribution is 2.44. The van der Waals surface area contributed by atoms with Gasteiger partial charge >= 0.3 is 0 Å². The van der Waals surface area contributed by atoms with Gasteiger partial charge in [0.2, 0.25) is 0 Å². The molecular weight excluding hydrogens is 266 g/mol. The molecule has 1 atom stereocenters. The standard InChI is InChI=1S/C15H17N5O/c1-10(2)20-13-8-11(21)7-12-15(13,17-18-16-12)9-19-6-4-3-5-14(19)20/h3-5,8,10H,6-7,9H2,1-2H3. The lowest BCUT2D eigenvalue weighted by Crippen LogP contribution is -2.61. The van der Waals surface area contributed by atoms with Crippen LogP contribution in [0.15, 0.2) is 51.3 Å². The summed E-state index contributed by atoms with van der Waals surface area (Å²) in [5.74, 6) is 1.21. The van der Waals surface area contributed by atoms with Crippen LogP contribution in [0.2, 0.25) is 0 Å². The van der Waals surface area contributed by atoms with Crippen LogP contribution in [0.3, 0.4) is 0 Å². The molecule has 1 fully saturated rings.